The van der Waals surface area contributed by atoms with Crippen molar-refractivity contribution >= 4 is 11.8 Å². The lowest BCUT2D eigenvalue weighted by Crippen LogP contribution is -2.48. The molecule has 0 saturated carbocycles. The van der Waals surface area contributed by atoms with Gasteiger partial charge in [-0.25, -0.2) is 0 Å². The summed E-state index contributed by atoms with van der Waals surface area (Å²) >= 11 is 0. The minimum absolute atomic E-state index is 0.0203. The fourth-order valence-corrected chi connectivity index (χ4v) is 3.27. The highest BCUT2D eigenvalue weighted by molar-refractivity contribution is 6.00. The van der Waals surface area contributed by atoms with E-state index in [2.05, 4.69) is 23.9 Å². The van der Waals surface area contributed by atoms with Gasteiger partial charge in [-0.3, -0.25) is 9.59 Å². The van der Waals surface area contributed by atoms with Crippen LogP contribution < -0.4 is 10.1 Å². The Morgan fingerprint density at radius 3 is 2.59 bits per heavy atom. The van der Waals surface area contributed by atoms with Crippen LogP contribution in [0.5, 0.6) is 5.75 Å². The van der Waals surface area contributed by atoms with Gasteiger partial charge in [0.05, 0.1) is 5.56 Å². The van der Waals surface area contributed by atoms with E-state index >= 15 is 0 Å². The van der Waals surface area contributed by atoms with Gasteiger partial charge in [0, 0.05) is 12.6 Å². The second-order valence-corrected chi connectivity index (χ2v) is 7.41. The van der Waals surface area contributed by atoms with Gasteiger partial charge in [-0.1, -0.05) is 26.0 Å². The van der Waals surface area contributed by atoms with Gasteiger partial charge in [-0.2, -0.15) is 8.78 Å². The Morgan fingerprint density at radius 2 is 1.93 bits per heavy atom. The topological polar surface area (TPSA) is 58.6 Å². The van der Waals surface area contributed by atoms with Crippen LogP contribution in [-0.4, -0.2) is 42.0 Å². The lowest BCUT2D eigenvalue weighted by molar-refractivity contribution is -0.125. The molecule has 2 amide bonds. The Morgan fingerprint density at radius 1 is 1.22 bits per heavy atom. The molecule has 150 valence electrons. The van der Waals surface area contributed by atoms with E-state index in [1.807, 2.05) is 6.92 Å². The molecular formula is C20H28F2N2O3. The number of nitrogens with zero attached hydrogens (tertiary/aromatic N) is 1. The van der Waals surface area contributed by atoms with Crippen LogP contribution in [0.4, 0.5) is 8.78 Å². The Hall–Kier alpha value is -2.18. The van der Waals surface area contributed by atoms with Gasteiger partial charge < -0.3 is 15.0 Å². The van der Waals surface area contributed by atoms with E-state index < -0.39 is 18.6 Å². The van der Waals surface area contributed by atoms with Gasteiger partial charge in [0.2, 0.25) is 5.91 Å². The first kappa shape index (κ1) is 21.1. The number of benzene rings is 1. The SMILES string of the molecule is CC(C)CCC(C)NC(=O)C1CCCN1C(=O)c1ccccc1OC(F)F. The fraction of sp³-hybridized carbons (Fsp3) is 0.600. The van der Waals surface area contributed by atoms with Crippen molar-refractivity contribution in [2.75, 3.05) is 6.54 Å². The van der Waals surface area contributed by atoms with Crippen molar-refractivity contribution in [1.29, 1.82) is 0 Å². The highest BCUT2D eigenvalue weighted by atomic mass is 19.3. The monoisotopic (exact) mass is 382 g/mol. The van der Waals surface area contributed by atoms with Crippen molar-refractivity contribution in [3.63, 3.8) is 0 Å². The predicted octanol–water partition coefficient (Wildman–Crippen LogP) is 3.83. The van der Waals surface area contributed by atoms with E-state index in [1.54, 1.807) is 6.07 Å². The molecule has 1 heterocycles. The van der Waals surface area contributed by atoms with Crippen LogP contribution in [0.1, 0.15) is 56.8 Å². The first-order valence-corrected chi connectivity index (χ1v) is 9.44. The number of halogens is 2. The molecule has 0 aromatic heterocycles. The summed E-state index contributed by atoms with van der Waals surface area (Å²) in [6.07, 6.45) is 3.14. The molecule has 1 aromatic carbocycles. The van der Waals surface area contributed by atoms with Crippen LogP contribution in [0, 0.1) is 5.92 Å². The summed E-state index contributed by atoms with van der Waals surface area (Å²) < 4.78 is 29.7. The van der Waals surface area contributed by atoms with E-state index in [0.29, 0.717) is 25.3 Å². The van der Waals surface area contributed by atoms with Crippen molar-refractivity contribution < 1.29 is 23.1 Å². The maximum absolute atomic E-state index is 12.9. The molecule has 0 spiro atoms. The number of amides is 2. The molecule has 2 rings (SSSR count). The molecule has 1 N–H and O–H groups in total. The van der Waals surface area contributed by atoms with Gasteiger partial charge in [0.25, 0.3) is 5.91 Å². The smallest absolute Gasteiger partial charge is 0.387 e. The third-order valence-electron chi connectivity index (χ3n) is 4.72. The molecule has 1 aromatic rings. The summed E-state index contributed by atoms with van der Waals surface area (Å²) in [5.41, 5.74) is 0.0466. The zero-order valence-corrected chi connectivity index (χ0v) is 16.1. The Balaban J connectivity index is 2.07. The molecule has 2 atom stereocenters. The molecule has 1 aliphatic rings. The van der Waals surface area contributed by atoms with E-state index in [1.165, 1.54) is 23.1 Å². The van der Waals surface area contributed by atoms with Crippen molar-refractivity contribution in [3.8, 4) is 5.75 Å². The van der Waals surface area contributed by atoms with Crippen molar-refractivity contribution in [2.24, 2.45) is 5.92 Å². The van der Waals surface area contributed by atoms with Crippen molar-refractivity contribution in [3.05, 3.63) is 29.8 Å². The summed E-state index contributed by atoms with van der Waals surface area (Å²) in [5.74, 6) is -0.266. The normalized spacial score (nSPS) is 18.0. The Bertz CT molecular complexity index is 652. The lowest BCUT2D eigenvalue weighted by atomic mass is 10.0. The van der Waals surface area contributed by atoms with Crippen molar-refractivity contribution in [2.45, 2.75) is 65.1 Å². The number of hydrogen-bond acceptors (Lipinski definition) is 3. The van der Waals surface area contributed by atoms with Crippen LogP contribution in [-0.2, 0) is 4.79 Å². The molecular weight excluding hydrogens is 354 g/mol. The minimum atomic E-state index is -3.02. The van der Waals surface area contributed by atoms with E-state index in [4.69, 9.17) is 0 Å². The predicted molar refractivity (Wildman–Crippen MR) is 98.8 cm³/mol. The third-order valence-corrected chi connectivity index (χ3v) is 4.72. The first-order valence-electron chi connectivity index (χ1n) is 9.44. The summed E-state index contributed by atoms with van der Waals surface area (Å²) in [7, 11) is 0. The molecule has 1 saturated heterocycles. The Kier molecular flexibility index (Phi) is 7.56. The highest BCUT2D eigenvalue weighted by Gasteiger charge is 2.36. The van der Waals surface area contributed by atoms with Crippen LogP contribution in [0.25, 0.3) is 0 Å². The van der Waals surface area contributed by atoms with Gasteiger partial charge in [0.15, 0.2) is 0 Å². The largest absolute Gasteiger partial charge is 0.434 e. The van der Waals surface area contributed by atoms with Gasteiger partial charge in [-0.15, -0.1) is 0 Å². The fourth-order valence-electron chi connectivity index (χ4n) is 3.27. The van der Waals surface area contributed by atoms with Gasteiger partial charge in [-0.05, 0) is 50.7 Å². The van der Waals surface area contributed by atoms with Crippen molar-refractivity contribution in [1.82, 2.24) is 10.2 Å². The maximum Gasteiger partial charge on any atom is 0.387 e. The second kappa shape index (κ2) is 9.67. The van der Waals surface area contributed by atoms with Gasteiger partial charge >= 0.3 is 6.61 Å². The number of carbonyl (C=O) groups is 2. The summed E-state index contributed by atoms with van der Waals surface area (Å²) in [6.45, 7) is 3.61. The summed E-state index contributed by atoms with van der Waals surface area (Å²) in [6, 6.07) is 5.33. The molecule has 7 heteroatoms. The van der Waals surface area contributed by atoms with E-state index in [9.17, 15) is 18.4 Å². The standard InChI is InChI=1S/C20H28F2N2O3/c1-13(2)10-11-14(3)23-18(25)16-8-6-12-24(16)19(26)15-7-4-5-9-17(15)27-20(21)22/h4-5,7,9,13-14,16,20H,6,8,10-12H2,1-3H3,(H,23,25). The first-order chi connectivity index (χ1) is 12.8. The molecule has 1 fully saturated rings. The molecule has 0 bridgehead atoms. The van der Waals surface area contributed by atoms with Crippen LogP contribution >= 0.6 is 0 Å². The minimum Gasteiger partial charge on any atom is -0.434 e. The van der Waals surface area contributed by atoms with E-state index in [-0.39, 0.29) is 23.3 Å². The van der Waals surface area contributed by atoms with Crippen LogP contribution in [0.3, 0.4) is 0 Å². The average Bonchev–Trinajstić information content (AvgIpc) is 3.09. The van der Waals surface area contributed by atoms with E-state index in [0.717, 1.165) is 12.8 Å². The van der Waals surface area contributed by atoms with Crippen LogP contribution in [0.2, 0.25) is 0 Å². The molecule has 5 nitrogen and oxygen atoms in total. The number of alkyl halides is 2. The highest BCUT2D eigenvalue weighted by Crippen LogP contribution is 2.26. The molecule has 0 aliphatic carbocycles. The summed E-state index contributed by atoms with van der Waals surface area (Å²) in [5, 5.41) is 2.98. The summed E-state index contributed by atoms with van der Waals surface area (Å²) in [4.78, 5) is 27.0. The number of para-hydroxylation sites is 1. The third kappa shape index (κ3) is 5.91. The maximum atomic E-state index is 12.9. The van der Waals surface area contributed by atoms with Crippen LogP contribution in [0.15, 0.2) is 24.3 Å². The number of carbonyl (C=O) groups excluding carboxylic acids is 2. The second-order valence-electron chi connectivity index (χ2n) is 7.41. The number of nitrogens with one attached hydrogen (secondary N) is 1. The molecule has 0 radical (unpaired) electrons. The quantitative estimate of drug-likeness (QED) is 0.743. The zero-order chi connectivity index (χ0) is 20.0. The number of likely N-dealkylation sites (tertiary alicyclic amines) is 1. The Labute approximate surface area is 159 Å². The zero-order valence-electron chi connectivity index (χ0n) is 16.1. The number of rotatable bonds is 8. The average molecular weight is 382 g/mol. The number of ether oxygens (including phenoxy) is 1. The molecule has 1 aliphatic heterocycles. The van der Waals surface area contributed by atoms with Gasteiger partial charge in [0.1, 0.15) is 11.8 Å². The molecule has 27 heavy (non-hydrogen) atoms. The number of hydrogen-bond donors (Lipinski definition) is 1. The molecule has 2 unspecified atom stereocenters. The lowest BCUT2D eigenvalue weighted by Gasteiger charge is -2.26.